The molecule has 2 aliphatic rings. The summed E-state index contributed by atoms with van der Waals surface area (Å²) in [7, 11) is 0. The Labute approximate surface area is 86.3 Å². The van der Waals surface area contributed by atoms with Crippen LogP contribution in [0.25, 0.3) is 0 Å². The van der Waals surface area contributed by atoms with Crippen molar-refractivity contribution in [2.24, 2.45) is 0 Å². The molecule has 0 amide bonds. The Hall–Kier alpha value is -0.0000000000000000486. The monoisotopic (exact) mass is 231 g/mol. The van der Waals surface area contributed by atoms with Gasteiger partial charge in [0.1, 0.15) is 0 Å². The third-order valence-electron chi connectivity index (χ3n) is 3.05. The minimum atomic E-state index is -4.48. The Kier molecular flexibility index (Phi) is 2.80. The molecule has 2 N–H and O–H groups in total. The van der Waals surface area contributed by atoms with Gasteiger partial charge in [-0.1, -0.05) is 0 Å². The summed E-state index contributed by atoms with van der Waals surface area (Å²) in [5.74, 6) is 0. The predicted molar refractivity (Wildman–Crippen MR) is 47.5 cm³/mol. The number of piperidine rings is 1. The van der Waals surface area contributed by atoms with Gasteiger partial charge in [-0.15, -0.1) is 12.4 Å². The molecule has 0 aromatic heterocycles. The van der Waals surface area contributed by atoms with Crippen LogP contribution in [0.15, 0.2) is 0 Å². The summed E-state index contributed by atoms with van der Waals surface area (Å²) in [5, 5.41) is 12.5. The van der Waals surface area contributed by atoms with Crippen LogP contribution >= 0.6 is 12.4 Å². The maximum Gasteiger partial charge on any atom is 0.417 e. The molecule has 1 saturated carbocycles. The Morgan fingerprint density at radius 3 is 2.14 bits per heavy atom. The molecular formula is C8H13ClF3NO. The van der Waals surface area contributed by atoms with E-state index in [1.165, 1.54) is 0 Å². The summed E-state index contributed by atoms with van der Waals surface area (Å²) in [6, 6.07) is 0. The van der Waals surface area contributed by atoms with Gasteiger partial charge in [0.05, 0.1) is 0 Å². The molecule has 6 heteroatoms. The van der Waals surface area contributed by atoms with Gasteiger partial charge in [0.25, 0.3) is 0 Å². The first-order valence-corrected chi connectivity index (χ1v) is 4.41. The number of nitrogens with one attached hydrogen (secondary N) is 1. The second-order valence-electron chi connectivity index (χ2n) is 4.16. The summed E-state index contributed by atoms with van der Waals surface area (Å²) in [6.45, 7) is 0.260. The molecule has 2 fully saturated rings. The lowest BCUT2D eigenvalue weighted by atomic mass is 9.85. The fourth-order valence-electron chi connectivity index (χ4n) is 1.99. The SMILES string of the molecule is Cl.O[C@]1(C(F)(F)F)CCNC2(CC2)C1. The van der Waals surface area contributed by atoms with Crippen LogP contribution < -0.4 is 5.32 Å². The van der Waals surface area contributed by atoms with Crippen LogP contribution in [-0.4, -0.2) is 29.0 Å². The highest BCUT2D eigenvalue weighted by molar-refractivity contribution is 5.85. The van der Waals surface area contributed by atoms with Gasteiger partial charge in [-0.2, -0.15) is 13.2 Å². The van der Waals surface area contributed by atoms with Crippen molar-refractivity contribution in [1.82, 2.24) is 5.32 Å². The number of alkyl halides is 3. The lowest BCUT2D eigenvalue weighted by Crippen LogP contribution is -2.57. The largest absolute Gasteiger partial charge is 0.417 e. The zero-order valence-corrected chi connectivity index (χ0v) is 8.34. The average Bonchev–Trinajstić information content (AvgIpc) is 2.66. The highest BCUT2D eigenvalue weighted by Crippen LogP contribution is 2.50. The zero-order valence-electron chi connectivity index (χ0n) is 7.52. The molecule has 2 rings (SSSR count). The van der Waals surface area contributed by atoms with Gasteiger partial charge < -0.3 is 10.4 Å². The topological polar surface area (TPSA) is 32.3 Å². The van der Waals surface area contributed by atoms with E-state index < -0.39 is 17.3 Å². The molecule has 1 aliphatic heterocycles. The Balaban J connectivity index is 0.000000980. The van der Waals surface area contributed by atoms with Crippen LogP contribution in [0.4, 0.5) is 13.2 Å². The van der Waals surface area contributed by atoms with E-state index in [0.29, 0.717) is 0 Å². The van der Waals surface area contributed by atoms with Crippen molar-refractivity contribution in [3.05, 3.63) is 0 Å². The number of halogens is 4. The average molecular weight is 232 g/mol. The Morgan fingerprint density at radius 2 is 1.71 bits per heavy atom. The second kappa shape index (κ2) is 3.25. The van der Waals surface area contributed by atoms with E-state index in [2.05, 4.69) is 5.32 Å². The maximum atomic E-state index is 12.4. The van der Waals surface area contributed by atoms with Crippen LogP contribution in [-0.2, 0) is 0 Å². The van der Waals surface area contributed by atoms with Crippen LogP contribution in [0.5, 0.6) is 0 Å². The van der Waals surface area contributed by atoms with Crippen molar-refractivity contribution in [2.45, 2.75) is 43.0 Å². The summed E-state index contributed by atoms with van der Waals surface area (Å²) < 4.78 is 37.3. The van der Waals surface area contributed by atoms with Gasteiger partial charge in [0, 0.05) is 12.0 Å². The van der Waals surface area contributed by atoms with Gasteiger partial charge in [0.2, 0.25) is 0 Å². The minimum absolute atomic E-state index is 0. The third kappa shape index (κ3) is 1.85. The molecule has 1 aliphatic carbocycles. The molecule has 1 saturated heterocycles. The quantitative estimate of drug-likeness (QED) is 0.664. The van der Waals surface area contributed by atoms with E-state index in [0.717, 1.165) is 12.8 Å². The van der Waals surface area contributed by atoms with Crippen LogP contribution in [0.3, 0.4) is 0 Å². The van der Waals surface area contributed by atoms with Crippen LogP contribution in [0.1, 0.15) is 25.7 Å². The number of hydrogen-bond acceptors (Lipinski definition) is 2. The molecule has 0 radical (unpaired) electrons. The van der Waals surface area contributed by atoms with E-state index in [4.69, 9.17) is 0 Å². The third-order valence-corrected chi connectivity index (χ3v) is 3.05. The lowest BCUT2D eigenvalue weighted by molar-refractivity contribution is -0.272. The van der Waals surface area contributed by atoms with Gasteiger partial charge in [-0.3, -0.25) is 0 Å². The second-order valence-corrected chi connectivity index (χ2v) is 4.16. The number of aliphatic hydroxyl groups is 1. The van der Waals surface area contributed by atoms with E-state index in [9.17, 15) is 18.3 Å². The van der Waals surface area contributed by atoms with E-state index >= 15 is 0 Å². The summed E-state index contributed by atoms with van der Waals surface area (Å²) in [5.41, 5.74) is -2.85. The van der Waals surface area contributed by atoms with Gasteiger partial charge in [0.15, 0.2) is 5.60 Å². The fourth-order valence-corrected chi connectivity index (χ4v) is 1.99. The molecule has 14 heavy (non-hydrogen) atoms. The molecule has 84 valence electrons. The summed E-state index contributed by atoms with van der Waals surface area (Å²) in [4.78, 5) is 0. The first kappa shape index (κ1) is 12.1. The zero-order chi connectivity index (χ0) is 9.74. The Bertz CT molecular complexity index is 229. The highest BCUT2D eigenvalue weighted by Gasteiger charge is 2.61. The van der Waals surface area contributed by atoms with Gasteiger partial charge >= 0.3 is 6.18 Å². The van der Waals surface area contributed by atoms with Crippen LogP contribution in [0, 0.1) is 0 Å². The number of rotatable bonds is 0. The van der Waals surface area contributed by atoms with Crippen molar-refractivity contribution in [3.8, 4) is 0 Å². The first-order valence-electron chi connectivity index (χ1n) is 4.41. The lowest BCUT2D eigenvalue weighted by Gasteiger charge is -2.39. The normalized spacial score (nSPS) is 35.1. The molecule has 0 aromatic rings. The highest BCUT2D eigenvalue weighted by atomic mass is 35.5. The van der Waals surface area contributed by atoms with Gasteiger partial charge in [-0.25, -0.2) is 0 Å². The summed E-state index contributed by atoms with van der Waals surface area (Å²) in [6.07, 6.45) is -3.37. The van der Waals surface area contributed by atoms with Crippen LogP contribution in [0.2, 0.25) is 0 Å². The number of hydrogen-bond donors (Lipinski definition) is 2. The minimum Gasteiger partial charge on any atom is -0.380 e. The molecule has 2 nitrogen and oxygen atoms in total. The summed E-state index contributed by atoms with van der Waals surface area (Å²) >= 11 is 0. The van der Waals surface area contributed by atoms with E-state index in [1.54, 1.807) is 0 Å². The van der Waals surface area contributed by atoms with Gasteiger partial charge in [-0.05, 0) is 25.8 Å². The Morgan fingerprint density at radius 1 is 1.14 bits per heavy atom. The molecule has 1 atom stereocenters. The molecule has 0 aromatic carbocycles. The smallest absolute Gasteiger partial charge is 0.380 e. The fraction of sp³-hybridized carbons (Fsp3) is 1.00. The first-order chi connectivity index (χ1) is 5.87. The van der Waals surface area contributed by atoms with Crippen molar-refractivity contribution in [1.29, 1.82) is 0 Å². The molecule has 1 spiro atoms. The predicted octanol–water partition coefficient (Wildman–Crippen LogP) is 1.62. The van der Waals surface area contributed by atoms with Crippen molar-refractivity contribution in [2.75, 3.05) is 6.54 Å². The molecule has 0 unspecified atom stereocenters. The van der Waals surface area contributed by atoms with Crippen molar-refractivity contribution >= 4 is 12.4 Å². The molecule has 1 heterocycles. The maximum absolute atomic E-state index is 12.4. The van der Waals surface area contributed by atoms with E-state index in [-0.39, 0.29) is 31.8 Å². The standard InChI is InChI=1S/C8H12F3NO.ClH/c9-8(10,11)7(13)3-4-12-6(5-7)1-2-6;/h12-13H,1-5H2;1H/t7-;/m1./s1. The van der Waals surface area contributed by atoms with Crippen molar-refractivity contribution < 1.29 is 18.3 Å². The molecule has 0 bridgehead atoms. The molecular weight excluding hydrogens is 219 g/mol. The van der Waals surface area contributed by atoms with Crippen molar-refractivity contribution in [3.63, 3.8) is 0 Å². The van der Waals surface area contributed by atoms with E-state index in [1.807, 2.05) is 0 Å².